The van der Waals surface area contributed by atoms with Gasteiger partial charge >= 0.3 is 0 Å². The zero-order valence-electron chi connectivity index (χ0n) is 15.9. The van der Waals surface area contributed by atoms with E-state index >= 15 is 0 Å². The molecule has 1 amide bonds. The number of benzene rings is 2. The Morgan fingerprint density at radius 3 is 2.71 bits per heavy atom. The molecule has 28 heavy (non-hydrogen) atoms. The van der Waals surface area contributed by atoms with Crippen molar-refractivity contribution in [1.29, 1.82) is 0 Å². The van der Waals surface area contributed by atoms with Crippen molar-refractivity contribution in [2.45, 2.75) is 13.8 Å². The van der Waals surface area contributed by atoms with Gasteiger partial charge in [0.2, 0.25) is 5.91 Å². The molecule has 0 aliphatic heterocycles. The Balaban J connectivity index is 2.09. The molecule has 0 spiro atoms. The van der Waals surface area contributed by atoms with Crippen molar-refractivity contribution in [2.24, 2.45) is 0 Å². The molecule has 2 aromatic carbocycles. The van der Waals surface area contributed by atoms with Crippen molar-refractivity contribution in [3.05, 3.63) is 71.4 Å². The zero-order valence-corrected chi connectivity index (χ0v) is 17.5. The molecule has 4 nitrogen and oxygen atoms in total. The Morgan fingerprint density at radius 1 is 1.29 bits per heavy atom. The molecular weight excluding hydrogens is 418 g/mol. The largest absolute Gasteiger partial charge is 0.493 e. The molecule has 0 unspecified atom stereocenters. The van der Waals surface area contributed by atoms with Gasteiger partial charge in [-0.2, -0.15) is 0 Å². The number of hydrogen-bond acceptors (Lipinski definition) is 3. The first-order valence-electron chi connectivity index (χ1n) is 9.04. The van der Waals surface area contributed by atoms with Gasteiger partial charge in [-0.15, -0.1) is 6.58 Å². The number of fused-ring (bicyclic) bond motifs is 1. The molecule has 3 rings (SSSR count). The maximum Gasteiger partial charge on any atom is 0.244 e. The van der Waals surface area contributed by atoms with Crippen LogP contribution < -0.4 is 10.1 Å². The Labute approximate surface area is 173 Å². The maximum absolute atomic E-state index is 12.1. The molecule has 1 N–H and O–H groups in total. The lowest BCUT2D eigenvalue weighted by Gasteiger charge is -2.11. The predicted molar refractivity (Wildman–Crippen MR) is 117 cm³/mol. The monoisotopic (exact) mass is 439 g/mol. The van der Waals surface area contributed by atoms with E-state index in [0.29, 0.717) is 18.9 Å². The zero-order chi connectivity index (χ0) is 20.1. The Bertz CT molecular complexity index is 1030. The van der Waals surface area contributed by atoms with Crippen LogP contribution in [0.1, 0.15) is 19.4 Å². The number of amides is 1. The maximum atomic E-state index is 12.1. The minimum Gasteiger partial charge on any atom is -0.493 e. The highest BCUT2D eigenvalue weighted by molar-refractivity contribution is 9.10. The van der Waals surface area contributed by atoms with Gasteiger partial charge in [0, 0.05) is 39.7 Å². The highest BCUT2D eigenvalue weighted by Crippen LogP contribution is 2.37. The topological polar surface area (TPSA) is 51.5 Å². The van der Waals surface area contributed by atoms with Crippen LogP contribution in [0.2, 0.25) is 0 Å². The molecule has 144 valence electrons. The molecule has 0 atom stereocenters. The van der Waals surface area contributed by atoms with Crippen molar-refractivity contribution < 1.29 is 13.9 Å². The van der Waals surface area contributed by atoms with Gasteiger partial charge in [0.05, 0.1) is 12.9 Å². The first-order valence-corrected chi connectivity index (χ1v) is 9.84. The van der Waals surface area contributed by atoms with Gasteiger partial charge in [-0.05, 0) is 43.2 Å². The van der Waals surface area contributed by atoms with Crippen LogP contribution in [-0.4, -0.2) is 19.1 Å². The van der Waals surface area contributed by atoms with Crippen molar-refractivity contribution in [3.63, 3.8) is 0 Å². The van der Waals surface area contributed by atoms with E-state index in [9.17, 15) is 4.79 Å². The molecule has 0 saturated heterocycles. The van der Waals surface area contributed by atoms with Crippen LogP contribution in [0.4, 0.5) is 0 Å². The number of carbonyl (C=O) groups is 1. The van der Waals surface area contributed by atoms with E-state index < -0.39 is 0 Å². The predicted octanol–water partition coefficient (Wildman–Crippen LogP) is 5.97. The van der Waals surface area contributed by atoms with E-state index in [-0.39, 0.29) is 5.91 Å². The lowest BCUT2D eigenvalue weighted by atomic mass is 9.99. The lowest BCUT2D eigenvalue weighted by molar-refractivity contribution is -0.116. The summed E-state index contributed by atoms with van der Waals surface area (Å²) in [6, 6.07) is 12.0. The van der Waals surface area contributed by atoms with Gasteiger partial charge in [-0.25, -0.2) is 0 Å². The van der Waals surface area contributed by atoms with Crippen LogP contribution in [0.3, 0.4) is 0 Å². The molecule has 5 heteroatoms. The third kappa shape index (κ3) is 4.37. The number of allylic oxidation sites excluding steroid dienone is 1. The van der Waals surface area contributed by atoms with Gasteiger partial charge in [-0.3, -0.25) is 4.79 Å². The van der Waals surface area contributed by atoms with Gasteiger partial charge in [0.25, 0.3) is 0 Å². The molecule has 0 radical (unpaired) electrons. The van der Waals surface area contributed by atoms with E-state index in [2.05, 4.69) is 27.8 Å². The molecule has 0 fully saturated rings. The van der Waals surface area contributed by atoms with Crippen LogP contribution in [0.5, 0.6) is 5.75 Å². The summed E-state index contributed by atoms with van der Waals surface area (Å²) in [6.07, 6.45) is 4.98. The third-order valence-corrected chi connectivity index (χ3v) is 4.85. The summed E-state index contributed by atoms with van der Waals surface area (Å²) in [5, 5.41) is 3.73. The third-order valence-electron chi connectivity index (χ3n) is 4.32. The van der Waals surface area contributed by atoms with Crippen LogP contribution in [0, 0.1) is 0 Å². The molecular formula is C23H22BrNO3. The second-order valence-corrected chi connectivity index (χ2v) is 7.21. The lowest BCUT2D eigenvalue weighted by Crippen LogP contribution is -2.20. The fourth-order valence-electron chi connectivity index (χ4n) is 2.99. The van der Waals surface area contributed by atoms with Crippen molar-refractivity contribution in [2.75, 3.05) is 13.2 Å². The average Bonchev–Trinajstić information content (AvgIpc) is 3.09. The summed E-state index contributed by atoms with van der Waals surface area (Å²) in [7, 11) is 0. The van der Waals surface area contributed by atoms with Gasteiger partial charge in [0.1, 0.15) is 11.3 Å². The van der Waals surface area contributed by atoms with Crippen LogP contribution >= 0.6 is 15.9 Å². The molecule has 0 saturated carbocycles. The van der Waals surface area contributed by atoms with E-state index in [1.807, 2.05) is 50.2 Å². The summed E-state index contributed by atoms with van der Waals surface area (Å²) in [5.74, 6) is 0.525. The fourth-order valence-corrected chi connectivity index (χ4v) is 3.25. The smallest absolute Gasteiger partial charge is 0.244 e. The number of furan rings is 1. The van der Waals surface area contributed by atoms with E-state index in [4.69, 9.17) is 9.15 Å². The van der Waals surface area contributed by atoms with Crippen LogP contribution in [0.25, 0.3) is 27.7 Å². The second kappa shape index (κ2) is 8.93. The van der Waals surface area contributed by atoms with Crippen LogP contribution in [0.15, 0.2) is 70.3 Å². The molecule has 1 heterocycles. The number of ether oxygens (including phenoxy) is 1. The number of carbonyl (C=O) groups excluding carboxylic acids is 1. The summed E-state index contributed by atoms with van der Waals surface area (Å²) >= 11 is 3.47. The van der Waals surface area contributed by atoms with E-state index in [0.717, 1.165) is 37.7 Å². The summed E-state index contributed by atoms with van der Waals surface area (Å²) in [6.45, 7) is 8.39. The highest BCUT2D eigenvalue weighted by Gasteiger charge is 2.15. The quantitative estimate of drug-likeness (QED) is 0.364. The Morgan fingerprint density at radius 2 is 2.04 bits per heavy atom. The van der Waals surface area contributed by atoms with Crippen molar-refractivity contribution >= 4 is 38.4 Å². The molecule has 0 aliphatic carbocycles. The molecule has 3 aromatic rings. The fraction of sp³-hybridized carbons (Fsp3) is 0.174. The molecule has 0 bridgehead atoms. The number of hydrogen-bond donors (Lipinski definition) is 1. The van der Waals surface area contributed by atoms with E-state index in [1.54, 1.807) is 18.4 Å². The SMILES string of the molecule is C=CCNC(=O)/C=C(\C)c1cc2c(-c3ccc(Br)cc3)coc2cc1OCC. The normalized spacial score (nSPS) is 11.5. The van der Waals surface area contributed by atoms with Crippen LogP contribution in [-0.2, 0) is 4.79 Å². The summed E-state index contributed by atoms with van der Waals surface area (Å²) in [4.78, 5) is 12.1. The van der Waals surface area contributed by atoms with Crippen molar-refractivity contribution in [3.8, 4) is 16.9 Å². The Kier molecular flexibility index (Phi) is 6.37. The Hall–Kier alpha value is -2.79. The number of nitrogens with one attached hydrogen (secondary N) is 1. The number of halogens is 1. The molecule has 1 aromatic heterocycles. The summed E-state index contributed by atoms with van der Waals surface area (Å²) < 4.78 is 12.6. The average molecular weight is 440 g/mol. The van der Waals surface area contributed by atoms with E-state index in [1.165, 1.54) is 0 Å². The second-order valence-electron chi connectivity index (χ2n) is 6.29. The number of rotatable bonds is 7. The first kappa shape index (κ1) is 20.0. The standard InChI is InChI=1S/C23H22BrNO3/c1-4-10-25-23(26)11-15(3)18-12-19-20(16-6-8-17(24)9-7-16)14-28-22(19)13-21(18)27-5-2/h4,6-9,11-14H,1,5,10H2,2-3H3,(H,25,26)/b15-11+. The van der Waals surface area contributed by atoms with Crippen molar-refractivity contribution in [1.82, 2.24) is 5.32 Å². The first-order chi connectivity index (χ1) is 13.5. The van der Waals surface area contributed by atoms with Gasteiger partial charge in [0.15, 0.2) is 0 Å². The minimum absolute atomic E-state index is 0.166. The summed E-state index contributed by atoms with van der Waals surface area (Å²) in [5.41, 5.74) is 4.48. The highest BCUT2D eigenvalue weighted by atomic mass is 79.9. The minimum atomic E-state index is -0.166. The van der Waals surface area contributed by atoms with Gasteiger partial charge < -0.3 is 14.5 Å². The van der Waals surface area contributed by atoms with Gasteiger partial charge in [-0.1, -0.05) is 34.1 Å². The molecule has 0 aliphatic rings.